The molecule has 7 nitrogen and oxygen atoms in total. The van der Waals surface area contributed by atoms with Crippen LogP contribution in [-0.4, -0.2) is 54.4 Å². The van der Waals surface area contributed by atoms with Gasteiger partial charge in [-0.1, -0.05) is 24.3 Å². The highest BCUT2D eigenvalue weighted by Crippen LogP contribution is 2.40. The van der Waals surface area contributed by atoms with Crippen molar-refractivity contribution in [2.75, 3.05) is 31.5 Å². The molecule has 1 aromatic heterocycles. The van der Waals surface area contributed by atoms with Crippen LogP contribution in [0.4, 0.5) is 24.7 Å². The summed E-state index contributed by atoms with van der Waals surface area (Å²) in [5.41, 5.74) is 2.27. The third-order valence-corrected chi connectivity index (χ3v) is 7.19. The maximum atomic E-state index is 12.8. The average Bonchev–Trinajstić information content (AvgIpc) is 3.55. The van der Waals surface area contributed by atoms with E-state index in [9.17, 15) is 18.0 Å². The minimum Gasteiger partial charge on any atom is -0.406 e. The summed E-state index contributed by atoms with van der Waals surface area (Å²) in [6.07, 6.45) is 12.3. The van der Waals surface area contributed by atoms with Gasteiger partial charge in [0.2, 0.25) is 5.82 Å². The summed E-state index contributed by atoms with van der Waals surface area (Å²) < 4.78 is 40.9. The fraction of sp³-hybridized carbons (Fsp3) is 0.424. The first-order valence-electron chi connectivity index (χ1n) is 14.4. The Morgan fingerprint density at radius 3 is 2.35 bits per heavy atom. The van der Waals surface area contributed by atoms with E-state index in [1.54, 1.807) is 18.0 Å². The van der Waals surface area contributed by atoms with Crippen LogP contribution in [0.25, 0.3) is 4.85 Å². The predicted octanol–water partition coefficient (Wildman–Crippen LogP) is 7.15. The Bertz CT molecular complexity index is 1350. The van der Waals surface area contributed by atoms with E-state index in [1.807, 2.05) is 44.2 Å². The van der Waals surface area contributed by atoms with Crippen LogP contribution in [0.3, 0.4) is 0 Å². The molecule has 2 N–H and O–H groups in total. The smallest absolute Gasteiger partial charge is 0.406 e. The molecule has 228 valence electrons. The van der Waals surface area contributed by atoms with Crippen molar-refractivity contribution in [2.45, 2.75) is 58.4 Å². The van der Waals surface area contributed by atoms with Crippen LogP contribution in [-0.2, 0) is 0 Å². The SMILES string of the molecule is C#CC.C/C=C\C=C/C.O=C(c1ccc(OC(F)(F)F)cc1)N1CCC(c2ccnc3c2[N+]#CC(C2CCNC2)N3)CC1. The molecule has 0 aliphatic carbocycles. The van der Waals surface area contributed by atoms with E-state index < -0.39 is 6.36 Å². The molecule has 2 fully saturated rings. The zero-order valence-corrected chi connectivity index (χ0v) is 24.8. The van der Waals surface area contributed by atoms with Crippen molar-refractivity contribution >= 4 is 17.4 Å². The zero-order valence-electron chi connectivity index (χ0n) is 24.8. The number of fused-ring (bicyclic) bond motifs is 1. The number of hydrogen-bond acceptors (Lipinski definition) is 5. The van der Waals surface area contributed by atoms with Gasteiger partial charge in [0, 0.05) is 37.3 Å². The van der Waals surface area contributed by atoms with Gasteiger partial charge in [0.1, 0.15) is 5.75 Å². The Morgan fingerprint density at radius 2 is 1.79 bits per heavy atom. The highest BCUT2D eigenvalue weighted by Gasteiger charge is 2.37. The van der Waals surface area contributed by atoms with Gasteiger partial charge in [0.15, 0.2) is 6.04 Å². The molecule has 10 heteroatoms. The molecule has 1 aromatic carbocycles. The van der Waals surface area contributed by atoms with Gasteiger partial charge < -0.3 is 20.3 Å². The van der Waals surface area contributed by atoms with Crippen LogP contribution < -0.4 is 15.4 Å². The van der Waals surface area contributed by atoms with Gasteiger partial charge in [-0.05, 0) is 87.7 Å². The Morgan fingerprint density at radius 1 is 1.14 bits per heavy atom. The molecule has 0 spiro atoms. The highest BCUT2D eigenvalue weighted by molar-refractivity contribution is 5.94. The van der Waals surface area contributed by atoms with Crippen molar-refractivity contribution < 1.29 is 22.7 Å². The maximum Gasteiger partial charge on any atom is 0.573 e. The van der Waals surface area contributed by atoms with Gasteiger partial charge in [0.25, 0.3) is 5.91 Å². The van der Waals surface area contributed by atoms with Gasteiger partial charge in [-0.3, -0.25) is 4.79 Å². The Hall–Kier alpha value is -4.28. The lowest BCUT2D eigenvalue weighted by Gasteiger charge is -2.32. The van der Waals surface area contributed by atoms with Gasteiger partial charge in [0.05, 0.1) is 5.56 Å². The molecule has 0 radical (unpaired) electrons. The van der Waals surface area contributed by atoms with Gasteiger partial charge in [-0.2, -0.15) is 0 Å². The van der Waals surface area contributed by atoms with Crippen LogP contribution in [0.1, 0.15) is 61.9 Å². The molecule has 0 saturated carbocycles. The quantitative estimate of drug-likeness (QED) is 0.284. The fourth-order valence-electron chi connectivity index (χ4n) is 5.12. The Labute approximate surface area is 252 Å². The van der Waals surface area contributed by atoms with Gasteiger partial charge >= 0.3 is 18.1 Å². The summed E-state index contributed by atoms with van der Waals surface area (Å²) >= 11 is 0. The molecule has 3 aliphatic heterocycles. The highest BCUT2D eigenvalue weighted by atomic mass is 19.4. The lowest BCUT2D eigenvalue weighted by atomic mass is 9.88. The summed E-state index contributed by atoms with van der Waals surface area (Å²) in [6, 6.07) is 10.3. The van der Waals surface area contributed by atoms with Crippen LogP contribution in [0.5, 0.6) is 5.75 Å². The number of terminal acetylenes is 1. The summed E-state index contributed by atoms with van der Waals surface area (Å²) in [5.74, 6) is 3.18. The van der Waals surface area contributed by atoms with Crippen LogP contribution in [0, 0.1) is 24.3 Å². The van der Waals surface area contributed by atoms with Crippen molar-refractivity contribution in [3.8, 4) is 24.2 Å². The molecule has 0 bridgehead atoms. The summed E-state index contributed by atoms with van der Waals surface area (Å²) in [6.45, 7) is 8.71. The molecule has 2 aromatic rings. The Kier molecular flexibility index (Phi) is 12.7. The number of nitrogens with one attached hydrogen (secondary N) is 2. The average molecular weight is 595 g/mol. The third-order valence-electron chi connectivity index (χ3n) is 7.19. The molecule has 2 atom stereocenters. The number of ether oxygens (including phenoxy) is 1. The van der Waals surface area contributed by atoms with Gasteiger partial charge in [-0.25, -0.2) is 4.98 Å². The first-order chi connectivity index (χ1) is 20.7. The fourth-order valence-corrected chi connectivity index (χ4v) is 5.12. The van der Waals surface area contributed by atoms with Crippen molar-refractivity contribution in [3.63, 3.8) is 0 Å². The lowest BCUT2D eigenvalue weighted by Crippen LogP contribution is -2.38. The third kappa shape index (κ3) is 9.90. The first-order valence-corrected chi connectivity index (χ1v) is 14.4. The van der Waals surface area contributed by atoms with Crippen molar-refractivity contribution in [2.24, 2.45) is 5.92 Å². The number of benzene rings is 1. The number of halogens is 3. The normalized spacial score (nSPS) is 19.5. The number of carbonyl (C=O) groups excluding carboxylic acids is 1. The van der Waals surface area contributed by atoms with Crippen molar-refractivity contribution in [1.29, 1.82) is 0 Å². The molecule has 2 unspecified atom stereocenters. The number of anilines is 1. The van der Waals surface area contributed by atoms with Crippen LogP contribution in [0.15, 0.2) is 60.8 Å². The second-order valence-electron chi connectivity index (χ2n) is 10.2. The minimum atomic E-state index is -4.76. The predicted molar refractivity (Wildman–Crippen MR) is 165 cm³/mol. The number of aromatic nitrogens is 1. The number of alkyl halides is 3. The van der Waals surface area contributed by atoms with Crippen LogP contribution in [0.2, 0.25) is 0 Å². The number of allylic oxidation sites excluding steroid dienone is 4. The molecule has 3 aliphatic rings. The van der Waals surface area contributed by atoms with E-state index >= 15 is 0 Å². The first kappa shape index (κ1) is 33.2. The van der Waals surface area contributed by atoms with Crippen molar-refractivity contribution in [3.05, 3.63) is 76.8 Å². The van der Waals surface area contributed by atoms with Crippen LogP contribution >= 0.6 is 0 Å². The van der Waals surface area contributed by atoms with Crippen molar-refractivity contribution in [1.82, 2.24) is 15.2 Å². The molecular weight excluding hydrogens is 555 g/mol. The summed E-state index contributed by atoms with van der Waals surface area (Å²) in [7, 11) is 0. The number of pyridine rings is 1. The van der Waals surface area contributed by atoms with Gasteiger partial charge in [-0.15, -0.1) is 25.5 Å². The molecule has 2 saturated heterocycles. The topological polar surface area (TPSA) is 70.8 Å². The number of piperidine rings is 1. The molecule has 43 heavy (non-hydrogen) atoms. The van der Waals surface area contributed by atoms with E-state index in [1.165, 1.54) is 12.1 Å². The number of carbonyl (C=O) groups is 1. The number of likely N-dealkylation sites (tertiary alicyclic amines) is 1. The molecule has 5 rings (SSSR count). The minimum absolute atomic E-state index is 0.0534. The van der Waals surface area contributed by atoms with E-state index in [2.05, 4.69) is 43.6 Å². The van der Waals surface area contributed by atoms with E-state index in [0.29, 0.717) is 24.6 Å². The Balaban J connectivity index is 0.000000496. The van der Waals surface area contributed by atoms with E-state index in [4.69, 9.17) is 0 Å². The molecule has 1 amide bonds. The second-order valence-corrected chi connectivity index (χ2v) is 10.2. The maximum absolute atomic E-state index is 12.8. The number of hydrogen-bond donors (Lipinski definition) is 2. The summed E-state index contributed by atoms with van der Waals surface area (Å²) in [4.78, 5) is 23.7. The molecular formula is C33H39F3N5O2+. The number of nitrogens with zero attached hydrogens (tertiary/aromatic N) is 3. The number of rotatable bonds is 5. The number of amides is 1. The monoisotopic (exact) mass is 594 g/mol. The largest absolute Gasteiger partial charge is 0.573 e. The van der Waals surface area contributed by atoms with E-state index in [0.717, 1.165) is 61.6 Å². The van der Waals surface area contributed by atoms with E-state index in [-0.39, 0.29) is 23.6 Å². The standard InChI is InChI=1S/C24H25F3N5O2.C6H10.C3H4/c25-24(26,27)34-18-3-1-16(2-4-18)23(33)32-11-7-15(8-12-32)19-6-10-29-22-21(19)30-14-20(31-22)17-5-9-28-13-17;1-3-5-6-4-2;1-3-2/h1-4,6,10,15,17,20,28H,5,7-9,11-13H2,(H,29,31);3-6H,1-2H3;1H,2H3/q+1;;/b;5-3-,6-4-;. The second kappa shape index (κ2) is 16.4. The summed E-state index contributed by atoms with van der Waals surface area (Å²) in [5, 5.41) is 6.85. The lowest BCUT2D eigenvalue weighted by molar-refractivity contribution is -0.274. The zero-order chi connectivity index (χ0) is 31.2. The molecule has 4 heterocycles.